The van der Waals surface area contributed by atoms with Crippen molar-refractivity contribution in [2.75, 3.05) is 10.0 Å². The Morgan fingerprint density at radius 2 is 1.58 bits per heavy atom. The maximum atomic E-state index is 13.3. The van der Waals surface area contributed by atoms with E-state index in [1.807, 2.05) is 6.92 Å². The van der Waals surface area contributed by atoms with Crippen LogP contribution in [0.2, 0.25) is 10.0 Å². The maximum Gasteiger partial charge on any atom is 0.418 e. The summed E-state index contributed by atoms with van der Waals surface area (Å²) >= 11 is 11.7. The minimum absolute atomic E-state index is 0.155. The van der Waals surface area contributed by atoms with Crippen LogP contribution < -0.4 is 10.0 Å². The molecule has 5 nitrogen and oxygen atoms in total. The highest BCUT2D eigenvalue weighted by Crippen LogP contribution is 2.37. The number of rotatable bonds is 5. The van der Waals surface area contributed by atoms with E-state index in [2.05, 4.69) is 10.0 Å². The molecule has 0 aliphatic carbocycles. The minimum atomic E-state index is -4.77. The Labute approximate surface area is 198 Å². The fourth-order valence-electron chi connectivity index (χ4n) is 3.03. The van der Waals surface area contributed by atoms with Gasteiger partial charge in [-0.05, 0) is 61.9 Å². The molecule has 174 valence electrons. The molecule has 3 aromatic rings. The minimum Gasteiger partial charge on any atom is -0.321 e. The van der Waals surface area contributed by atoms with Gasteiger partial charge in [0.15, 0.2) is 0 Å². The Morgan fingerprint density at radius 3 is 2.21 bits per heavy atom. The van der Waals surface area contributed by atoms with E-state index >= 15 is 0 Å². The van der Waals surface area contributed by atoms with E-state index in [0.717, 1.165) is 17.7 Å². The van der Waals surface area contributed by atoms with Crippen LogP contribution >= 0.6 is 23.2 Å². The number of nitrogens with one attached hydrogen (secondary N) is 2. The summed E-state index contributed by atoms with van der Waals surface area (Å²) in [6, 6.07) is 11.4. The Morgan fingerprint density at radius 1 is 0.909 bits per heavy atom. The van der Waals surface area contributed by atoms with Crippen molar-refractivity contribution in [1.82, 2.24) is 0 Å². The number of benzene rings is 3. The predicted molar refractivity (Wildman–Crippen MR) is 123 cm³/mol. The fraction of sp³-hybridized carbons (Fsp3) is 0.136. The highest BCUT2D eigenvalue weighted by molar-refractivity contribution is 7.92. The number of anilines is 2. The number of carbonyl (C=O) groups excluding carboxylic acids is 1. The Hall–Kier alpha value is -2.75. The van der Waals surface area contributed by atoms with E-state index in [1.165, 1.54) is 18.2 Å². The molecule has 0 fully saturated rings. The lowest BCUT2D eigenvalue weighted by Gasteiger charge is -2.15. The molecule has 11 heteroatoms. The molecule has 3 aromatic carbocycles. The van der Waals surface area contributed by atoms with E-state index < -0.39 is 38.3 Å². The average molecular weight is 517 g/mol. The third-order valence-corrected chi connectivity index (χ3v) is 6.73. The lowest BCUT2D eigenvalue weighted by molar-refractivity contribution is -0.136. The van der Waals surface area contributed by atoms with Crippen LogP contribution in [0.4, 0.5) is 24.5 Å². The van der Waals surface area contributed by atoms with Gasteiger partial charge in [-0.2, -0.15) is 13.2 Å². The van der Waals surface area contributed by atoms with Crippen LogP contribution in [-0.4, -0.2) is 14.3 Å². The zero-order chi connectivity index (χ0) is 24.6. The van der Waals surface area contributed by atoms with Gasteiger partial charge in [-0.1, -0.05) is 40.9 Å². The number of hydrogen-bond donors (Lipinski definition) is 2. The highest BCUT2D eigenvalue weighted by atomic mass is 35.5. The number of aryl methyl sites for hydroxylation is 2. The average Bonchev–Trinajstić information content (AvgIpc) is 2.70. The van der Waals surface area contributed by atoms with Crippen molar-refractivity contribution in [2.45, 2.75) is 24.9 Å². The second kappa shape index (κ2) is 9.24. The molecule has 3 rings (SSSR count). The second-order valence-corrected chi connectivity index (χ2v) is 9.71. The molecule has 0 radical (unpaired) electrons. The van der Waals surface area contributed by atoms with Crippen LogP contribution in [0.15, 0.2) is 59.5 Å². The third kappa shape index (κ3) is 5.79. The lowest BCUT2D eigenvalue weighted by atomic mass is 10.1. The zero-order valence-corrected chi connectivity index (χ0v) is 19.5. The largest absolute Gasteiger partial charge is 0.418 e. The van der Waals surface area contributed by atoms with Crippen molar-refractivity contribution in [3.63, 3.8) is 0 Å². The summed E-state index contributed by atoms with van der Waals surface area (Å²) in [5.41, 5.74) is 0.0657. The quantitative estimate of drug-likeness (QED) is 0.397. The van der Waals surface area contributed by atoms with Gasteiger partial charge in [-0.3, -0.25) is 9.52 Å². The van der Waals surface area contributed by atoms with Gasteiger partial charge in [0.1, 0.15) is 4.90 Å². The Balaban J connectivity index is 1.94. The number of hydrogen-bond acceptors (Lipinski definition) is 3. The standard InChI is InChI=1S/C22H17Cl2F3N2O3S/c1-12-3-7-18(13(2)9-12)29-33(31,32)20-10-14(4-6-17(20)24)21(30)28-19-8-5-15(23)11-16(19)22(25,26)27/h3-11,29H,1-2H3,(H,28,30). The molecule has 0 heterocycles. The summed E-state index contributed by atoms with van der Waals surface area (Å²) in [6.45, 7) is 3.58. The van der Waals surface area contributed by atoms with Crippen molar-refractivity contribution >= 4 is 50.5 Å². The Kier molecular flexibility index (Phi) is 6.97. The first-order chi connectivity index (χ1) is 15.3. The summed E-state index contributed by atoms with van der Waals surface area (Å²) in [6.07, 6.45) is -4.77. The summed E-state index contributed by atoms with van der Waals surface area (Å²) in [7, 11) is -4.20. The first-order valence-corrected chi connectivity index (χ1v) is 11.6. The van der Waals surface area contributed by atoms with Crippen molar-refractivity contribution in [3.05, 3.63) is 86.9 Å². The van der Waals surface area contributed by atoms with Gasteiger partial charge in [0.25, 0.3) is 15.9 Å². The number of halogens is 5. The highest BCUT2D eigenvalue weighted by Gasteiger charge is 2.34. The molecule has 1 amide bonds. The third-order valence-electron chi connectivity index (χ3n) is 4.64. The van der Waals surface area contributed by atoms with E-state index in [0.29, 0.717) is 17.3 Å². The maximum absolute atomic E-state index is 13.3. The molecule has 0 unspecified atom stereocenters. The Bertz CT molecular complexity index is 1340. The molecule has 0 aliphatic rings. The molecule has 0 aromatic heterocycles. The summed E-state index contributed by atoms with van der Waals surface area (Å²) in [4.78, 5) is 12.2. The summed E-state index contributed by atoms with van der Waals surface area (Å²) in [5, 5.41) is 1.83. The predicted octanol–water partition coefficient (Wildman–Crippen LogP) is 6.68. The van der Waals surface area contributed by atoms with Gasteiger partial charge in [0.2, 0.25) is 0 Å². The van der Waals surface area contributed by atoms with E-state index in [1.54, 1.807) is 25.1 Å². The normalized spacial score (nSPS) is 11.8. The number of sulfonamides is 1. The molecule has 2 N–H and O–H groups in total. The molecule has 0 spiro atoms. The molecular formula is C22H17Cl2F3N2O3S. The molecule has 0 aliphatic heterocycles. The van der Waals surface area contributed by atoms with Crippen molar-refractivity contribution < 1.29 is 26.4 Å². The molecule has 0 bridgehead atoms. The topological polar surface area (TPSA) is 75.3 Å². The van der Waals surface area contributed by atoms with Crippen LogP contribution in [0.3, 0.4) is 0 Å². The number of amides is 1. The molecule has 33 heavy (non-hydrogen) atoms. The summed E-state index contributed by atoms with van der Waals surface area (Å²) in [5.74, 6) is -0.956. The number of alkyl halides is 3. The van der Waals surface area contributed by atoms with Gasteiger partial charge in [-0.15, -0.1) is 0 Å². The molecule has 0 saturated carbocycles. The second-order valence-electron chi connectivity index (χ2n) is 7.21. The van der Waals surface area contributed by atoms with E-state index in [9.17, 15) is 26.4 Å². The smallest absolute Gasteiger partial charge is 0.321 e. The van der Waals surface area contributed by atoms with Crippen LogP contribution in [0.5, 0.6) is 0 Å². The zero-order valence-electron chi connectivity index (χ0n) is 17.2. The van der Waals surface area contributed by atoms with E-state index in [4.69, 9.17) is 23.2 Å². The monoisotopic (exact) mass is 516 g/mol. The molecule has 0 saturated heterocycles. The summed E-state index contributed by atoms with van der Waals surface area (Å²) < 4.78 is 68.2. The number of carbonyl (C=O) groups is 1. The lowest BCUT2D eigenvalue weighted by Crippen LogP contribution is -2.18. The van der Waals surface area contributed by atoms with Crippen molar-refractivity contribution in [2.24, 2.45) is 0 Å². The van der Waals surface area contributed by atoms with Crippen LogP contribution in [0.1, 0.15) is 27.0 Å². The van der Waals surface area contributed by atoms with Gasteiger partial charge in [0.05, 0.1) is 22.0 Å². The van der Waals surface area contributed by atoms with Crippen LogP contribution in [0.25, 0.3) is 0 Å². The fourth-order valence-corrected chi connectivity index (χ4v) is 4.86. The first kappa shape index (κ1) is 24.9. The van der Waals surface area contributed by atoms with Crippen LogP contribution in [0, 0.1) is 13.8 Å². The van der Waals surface area contributed by atoms with Gasteiger partial charge >= 0.3 is 6.18 Å². The van der Waals surface area contributed by atoms with Crippen molar-refractivity contribution in [1.29, 1.82) is 0 Å². The molecule has 0 atom stereocenters. The van der Waals surface area contributed by atoms with E-state index in [-0.39, 0.29) is 15.6 Å². The first-order valence-electron chi connectivity index (χ1n) is 9.35. The van der Waals surface area contributed by atoms with Gasteiger partial charge in [0, 0.05) is 10.6 Å². The van der Waals surface area contributed by atoms with Crippen LogP contribution in [-0.2, 0) is 16.2 Å². The molecular weight excluding hydrogens is 500 g/mol. The van der Waals surface area contributed by atoms with Crippen molar-refractivity contribution in [3.8, 4) is 0 Å². The van der Waals surface area contributed by atoms with Gasteiger partial charge < -0.3 is 5.32 Å². The van der Waals surface area contributed by atoms with Gasteiger partial charge in [-0.25, -0.2) is 8.42 Å². The SMILES string of the molecule is Cc1ccc(NS(=O)(=O)c2cc(C(=O)Nc3ccc(Cl)cc3C(F)(F)F)ccc2Cl)c(C)c1.